The van der Waals surface area contributed by atoms with Gasteiger partial charge in [-0.25, -0.2) is 4.39 Å². The van der Waals surface area contributed by atoms with E-state index in [1.165, 1.54) is 6.07 Å². The van der Waals surface area contributed by atoms with Gasteiger partial charge < -0.3 is 0 Å². The third kappa shape index (κ3) is 5.40. The van der Waals surface area contributed by atoms with Crippen molar-refractivity contribution >= 4 is 0 Å². The Morgan fingerprint density at radius 2 is 1.92 bits per heavy atom. The van der Waals surface area contributed by atoms with E-state index >= 15 is 0 Å². The molecule has 1 heteroatoms. The first-order valence-corrected chi connectivity index (χ1v) is 5.07. The Kier molecular flexibility index (Phi) is 7.27. The van der Waals surface area contributed by atoms with Crippen LogP contribution in [0.25, 0.3) is 0 Å². The molecule has 0 aromatic heterocycles. The first-order chi connectivity index (χ1) is 6.33. The van der Waals surface area contributed by atoms with Gasteiger partial charge in [0, 0.05) is 0 Å². The van der Waals surface area contributed by atoms with Gasteiger partial charge in [-0.15, -0.1) is 0 Å². The van der Waals surface area contributed by atoms with Gasteiger partial charge in [0.1, 0.15) is 5.82 Å². The van der Waals surface area contributed by atoms with Crippen molar-refractivity contribution in [3.63, 3.8) is 0 Å². The maximum atomic E-state index is 12.6. The van der Waals surface area contributed by atoms with Crippen LogP contribution in [-0.4, -0.2) is 0 Å². The molecule has 0 bridgehead atoms. The molecule has 0 radical (unpaired) electrons. The molecule has 74 valence electrons. The summed E-state index contributed by atoms with van der Waals surface area (Å²) in [6.07, 6.45) is 3.30. The summed E-state index contributed by atoms with van der Waals surface area (Å²) in [6.45, 7) is 6.14. The zero-order chi connectivity index (χ0) is 10.1. The normalized spacial score (nSPS) is 8.92. The van der Waals surface area contributed by atoms with E-state index in [9.17, 15) is 4.39 Å². The lowest BCUT2D eigenvalue weighted by atomic mass is 10.1. The van der Waals surface area contributed by atoms with E-state index in [0.29, 0.717) is 0 Å². The molecule has 0 heterocycles. The molecule has 0 N–H and O–H groups in total. The summed E-state index contributed by atoms with van der Waals surface area (Å²) in [4.78, 5) is 0. The fraction of sp³-hybridized carbons (Fsp3) is 0.500. The smallest absolute Gasteiger partial charge is 0.123 e. The molecule has 0 aliphatic rings. The van der Waals surface area contributed by atoms with Gasteiger partial charge in [0.2, 0.25) is 0 Å². The molecular formula is C12H19F. The Bertz CT molecular complexity index is 218. The lowest BCUT2D eigenvalue weighted by molar-refractivity contribution is 0.624. The molecule has 0 nitrogen and oxygen atoms in total. The first-order valence-electron chi connectivity index (χ1n) is 5.07. The third-order valence-corrected chi connectivity index (χ3v) is 1.71. The summed E-state index contributed by atoms with van der Waals surface area (Å²) in [5.74, 6) is -0.126. The van der Waals surface area contributed by atoms with Crippen LogP contribution in [-0.2, 0) is 6.42 Å². The monoisotopic (exact) mass is 182 g/mol. The Morgan fingerprint density at radius 1 is 1.23 bits per heavy atom. The SMILES string of the molecule is CC.CCCCc1cccc(F)c1. The molecule has 0 saturated carbocycles. The van der Waals surface area contributed by atoms with Crippen LogP contribution in [0.5, 0.6) is 0 Å². The lowest BCUT2D eigenvalue weighted by Crippen LogP contribution is -1.84. The Morgan fingerprint density at radius 3 is 2.46 bits per heavy atom. The molecule has 0 unspecified atom stereocenters. The topological polar surface area (TPSA) is 0 Å². The Labute approximate surface area is 80.8 Å². The average molecular weight is 182 g/mol. The summed E-state index contributed by atoms with van der Waals surface area (Å²) in [5, 5.41) is 0. The van der Waals surface area contributed by atoms with E-state index in [-0.39, 0.29) is 5.82 Å². The van der Waals surface area contributed by atoms with E-state index < -0.39 is 0 Å². The van der Waals surface area contributed by atoms with Gasteiger partial charge in [-0.05, 0) is 30.5 Å². The number of halogens is 1. The van der Waals surface area contributed by atoms with E-state index in [0.717, 1.165) is 24.8 Å². The average Bonchev–Trinajstić information content (AvgIpc) is 2.18. The van der Waals surface area contributed by atoms with Gasteiger partial charge in [-0.3, -0.25) is 0 Å². The van der Waals surface area contributed by atoms with Crippen molar-refractivity contribution in [3.8, 4) is 0 Å². The van der Waals surface area contributed by atoms with Gasteiger partial charge in [-0.1, -0.05) is 39.3 Å². The largest absolute Gasteiger partial charge is 0.207 e. The van der Waals surface area contributed by atoms with Crippen LogP contribution in [0.2, 0.25) is 0 Å². The van der Waals surface area contributed by atoms with Gasteiger partial charge in [0.15, 0.2) is 0 Å². The molecular weight excluding hydrogens is 163 g/mol. The molecule has 1 aromatic rings. The van der Waals surface area contributed by atoms with Crippen LogP contribution in [0.1, 0.15) is 39.2 Å². The second kappa shape index (κ2) is 7.78. The fourth-order valence-electron chi connectivity index (χ4n) is 1.07. The van der Waals surface area contributed by atoms with E-state index in [1.807, 2.05) is 19.9 Å². The maximum absolute atomic E-state index is 12.6. The minimum atomic E-state index is -0.126. The van der Waals surface area contributed by atoms with E-state index in [1.54, 1.807) is 12.1 Å². The molecule has 13 heavy (non-hydrogen) atoms. The van der Waals surface area contributed by atoms with Crippen LogP contribution in [0.4, 0.5) is 4.39 Å². The number of hydrogen-bond donors (Lipinski definition) is 0. The third-order valence-electron chi connectivity index (χ3n) is 1.71. The molecule has 1 rings (SSSR count). The van der Waals surface area contributed by atoms with Crippen LogP contribution < -0.4 is 0 Å². The molecule has 0 spiro atoms. The number of unbranched alkanes of at least 4 members (excludes halogenated alkanes) is 1. The van der Waals surface area contributed by atoms with Crippen LogP contribution in [0.15, 0.2) is 24.3 Å². The molecule has 0 fully saturated rings. The van der Waals surface area contributed by atoms with E-state index in [2.05, 4.69) is 6.92 Å². The molecule has 1 aromatic carbocycles. The highest BCUT2D eigenvalue weighted by atomic mass is 19.1. The number of aryl methyl sites for hydroxylation is 1. The van der Waals surface area contributed by atoms with Crippen molar-refractivity contribution in [3.05, 3.63) is 35.6 Å². The quantitative estimate of drug-likeness (QED) is 0.657. The van der Waals surface area contributed by atoms with Crippen molar-refractivity contribution in [2.75, 3.05) is 0 Å². The number of benzene rings is 1. The van der Waals surface area contributed by atoms with Gasteiger partial charge in [0.25, 0.3) is 0 Å². The maximum Gasteiger partial charge on any atom is 0.123 e. The predicted octanol–water partition coefficient (Wildman–Crippen LogP) is 4.19. The second-order valence-electron chi connectivity index (χ2n) is 2.73. The molecule has 0 amide bonds. The summed E-state index contributed by atoms with van der Waals surface area (Å²) in [7, 11) is 0. The van der Waals surface area contributed by atoms with Crippen molar-refractivity contribution in [2.24, 2.45) is 0 Å². The van der Waals surface area contributed by atoms with Gasteiger partial charge in [0.05, 0.1) is 0 Å². The number of hydrogen-bond acceptors (Lipinski definition) is 0. The van der Waals surface area contributed by atoms with Gasteiger partial charge in [-0.2, -0.15) is 0 Å². The minimum absolute atomic E-state index is 0.126. The summed E-state index contributed by atoms with van der Waals surface area (Å²) in [5.41, 5.74) is 1.10. The summed E-state index contributed by atoms with van der Waals surface area (Å²) < 4.78 is 12.6. The zero-order valence-electron chi connectivity index (χ0n) is 8.81. The lowest BCUT2D eigenvalue weighted by Gasteiger charge is -1.98. The van der Waals surface area contributed by atoms with Crippen LogP contribution in [0, 0.1) is 5.82 Å². The first kappa shape index (κ1) is 12.2. The predicted molar refractivity (Wildman–Crippen MR) is 56.4 cm³/mol. The summed E-state index contributed by atoms with van der Waals surface area (Å²) >= 11 is 0. The van der Waals surface area contributed by atoms with Crippen molar-refractivity contribution in [1.29, 1.82) is 0 Å². The van der Waals surface area contributed by atoms with Gasteiger partial charge >= 0.3 is 0 Å². The van der Waals surface area contributed by atoms with Crippen molar-refractivity contribution in [2.45, 2.75) is 40.0 Å². The van der Waals surface area contributed by atoms with Crippen molar-refractivity contribution in [1.82, 2.24) is 0 Å². The molecule has 0 aliphatic heterocycles. The standard InChI is InChI=1S/C10H13F.C2H6/c1-2-3-5-9-6-4-7-10(11)8-9;1-2/h4,6-8H,2-3,5H2,1H3;1-2H3. The molecule has 0 saturated heterocycles. The second-order valence-corrected chi connectivity index (χ2v) is 2.73. The van der Waals surface area contributed by atoms with E-state index in [4.69, 9.17) is 0 Å². The van der Waals surface area contributed by atoms with Crippen molar-refractivity contribution < 1.29 is 4.39 Å². The zero-order valence-corrected chi connectivity index (χ0v) is 8.81. The van der Waals surface area contributed by atoms with Crippen LogP contribution in [0.3, 0.4) is 0 Å². The Balaban J connectivity index is 0.000000671. The highest BCUT2D eigenvalue weighted by Gasteiger charge is 1.93. The summed E-state index contributed by atoms with van der Waals surface area (Å²) in [6, 6.07) is 6.82. The van der Waals surface area contributed by atoms with Crippen LogP contribution >= 0.6 is 0 Å². The number of rotatable bonds is 3. The molecule has 0 aliphatic carbocycles. The fourth-order valence-corrected chi connectivity index (χ4v) is 1.07. The minimum Gasteiger partial charge on any atom is -0.207 e. The Hall–Kier alpha value is -0.850. The highest BCUT2D eigenvalue weighted by Crippen LogP contribution is 2.06. The molecule has 0 atom stereocenters. The highest BCUT2D eigenvalue weighted by molar-refractivity contribution is 5.16.